The number of nitrogens with one attached hydrogen (secondary N) is 1. The highest BCUT2D eigenvalue weighted by atomic mass is 32.2. The van der Waals surface area contributed by atoms with Gasteiger partial charge in [-0.15, -0.1) is 0 Å². The van der Waals surface area contributed by atoms with Crippen LogP contribution in [0.2, 0.25) is 0 Å². The van der Waals surface area contributed by atoms with Crippen LogP contribution in [-0.2, 0) is 16.6 Å². The lowest BCUT2D eigenvalue weighted by Crippen LogP contribution is -2.42. The molecule has 1 aromatic carbocycles. The fraction of sp³-hybridized carbons (Fsp3) is 0.444. The van der Waals surface area contributed by atoms with Crippen LogP contribution in [0.3, 0.4) is 0 Å². The van der Waals surface area contributed by atoms with Crippen molar-refractivity contribution in [3.8, 4) is 0 Å². The van der Waals surface area contributed by atoms with Crippen molar-refractivity contribution < 1.29 is 13.2 Å². The molecule has 1 saturated heterocycles. The molecule has 8 heteroatoms. The van der Waals surface area contributed by atoms with Gasteiger partial charge in [0.25, 0.3) is 5.91 Å². The Balaban J connectivity index is 1.51. The molecule has 1 aliphatic carbocycles. The van der Waals surface area contributed by atoms with E-state index in [1.807, 2.05) is 6.07 Å². The van der Waals surface area contributed by atoms with E-state index in [4.69, 9.17) is 0 Å². The van der Waals surface area contributed by atoms with E-state index in [0.717, 1.165) is 43.7 Å². The summed E-state index contributed by atoms with van der Waals surface area (Å²) in [5.41, 5.74) is 2.19. The highest BCUT2D eigenvalue weighted by Crippen LogP contribution is 2.39. The largest absolute Gasteiger partial charge is 0.339 e. The van der Waals surface area contributed by atoms with Crippen molar-refractivity contribution in [1.29, 1.82) is 0 Å². The lowest BCUT2D eigenvalue weighted by Gasteiger charge is -2.31. The third kappa shape index (κ3) is 3.26. The molecule has 2 fully saturated rings. The van der Waals surface area contributed by atoms with Crippen LogP contribution in [0.15, 0.2) is 35.2 Å². The van der Waals surface area contributed by atoms with Gasteiger partial charge in [-0.25, -0.2) is 8.42 Å². The number of aromatic amines is 1. The maximum atomic E-state index is 12.9. The smallest absolute Gasteiger partial charge is 0.253 e. The standard InChI is InChI=1S/C18H22N4O3S/c1-21(12-15-11-17(20-19-15)13-6-7-13)26(24,25)16-5-2-4-14(10-16)18(23)22-8-3-9-22/h2,4-5,10-11,13H,3,6-9,12H2,1H3,(H,19,20). The fourth-order valence-electron chi connectivity index (χ4n) is 3.04. The van der Waals surface area contributed by atoms with Gasteiger partial charge in [0.1, 0.15) is 0 Å². The minimum atomic E-state index is -3.69. The number of rotatable bonds is 6. The summed E-state index contributed by atoms with van der Waals surface area (Å²) in [6.45, 7) is 1.68. The van der Waals surface area contributed by atoms with E-state index in [-0.39, 0.29) is 17.3 Å². The topological polar surface area (TPSA) is 86.4 Å². The van der Waals surface area contributed by atoms with Crippen molar-refractivity contribution in [2.24, 2.45) is 0 Å². The Labute approximate surface area is 153 Å². The molecule has 7 nitrogen and oxygen atoms in total. The number of likely N-dealkylation sites (tertiary alicyclic amines) is 1. The SMILES string of the molecule is CN(Cc1cc(C2CC2)n[nH]1)S(=O)(=O)c1cccc(C(=O)N2CCC2)c1. The number of nitrogens with zero attached hydrogens (tertiary/aromatic N) is 3. The molecule has 1 aromatic heterocycles. The third-order valence-corrected chi connectivity index (χ3v) is 6.77. The molecule has 0 radical (unpaired) electrons. The summed E-state index contributed by atoms with van der Waals surface area (Å²) in [5.74, 6) is 0.407. The Morgan fingerprint density at radius 3 is 2.73 bits per heavy atom. The molecule has 2 aromatic rings. The Morgan fingerprint density at radius 2 is 2.08 bits per heavy atom. The Hall–Kier alpha value is -2.19. The van der Waals surface area contributed by atoms with Crippen LogP contribution < -0.4 is 0 Å². The zero-order valence-corrected chi connectivity index (χ0v) is 15.5. The molecule has 138 valence electrons. The second-order valence-corrected chi connectivity index (χ2v) is 9.07. The minimum absolute atomic E-state index is 0.112. The summed E-state index contributed by atoms with van der Waals surface area (Å²) < 4.78 is 27.1. The third-order valence-electron chi connectivity index (χ3n) is 4.97. The van der Waals surface area contributed by atoms with Gasteiger partial charge in [-0.3, -0.25) is 9.89 Å². The number of carbonyl (C=O) groups excluding carboxylic acids is 1. The van der Waals surface area contributed by atoms with Crippen molar-refractivity contribution in [3.05, 3.63) is 47.3 Å². The predicted molar refractivity (Wildman–Crippen MR) is 96.2 cm³/mol. The number of hydrogen-bond acceptors (Lipinski definition) is 4. The number of carbonyl (C=O) groups is 1. The zero-order chi connectivity index (χ0) is 18.3. The van der Waals surface area contributed by atoms with Crippen LogP contribution in [0, 0.1) is 0 Å². The Bertz CT molecular complexity index is 929. The molecule has 0 atom stereocenters. The van der Waals surface area contributed by atoms with Gasteiger partial charge in [-0.2, -0.15) is 9.40 Å². The normalized spacial score (nSPS) is 17.4. The quantitative estimate of drug-likeness (QED) is 0.837. The van der Waals surface area contributed by atoms with Gasteiger partial charge in [0, 0.05) is 31.6 Å². The monoisotopic (exact) mass is 374 g/mol. The molecular weight excluding hydrogens is 352 g/mol. The fourth-order valence-corrected chi connectivity index (χ4v) is 4.24. The number of H-pyrrole nitrogens is 1. The zero-order valence-electron chi connectivity index (χ0n) is 14.7. The molecule has 0 bridgehead atoms. The second kappa shape index (κ2) is 6.51. The predicted octanol–water partition coefficient (Wildman–Crippen LogP) is 1.95. The summed E-state index contributed by atoms with van der Waals surface area (Å²) in [7, 11) is -2.15. The summed E-state index contributed by atoms with van der Waals surface area (Å²) in [6, 6.07) is 8.22. The highest BCUT2D eigenvalue weighted by molar-refractivity contribution is 7.89. The van der Waals surface area contributed by atoms with Crippen molar-refractivity contribution >= 4 is 15.9 Å². The number of amides is 1. The number of sulfonamides is 1. The number of benzene rings is 1. The van der Waals surface area contributed by atoms with Crippen LogP contribution in [0.4, 0.5) is 0 Å². The van der Waals surface area contributed by atoms with Gasteiger partial charge >= 0.3 is 0 Å². The molecule has 1 N–H and O–H groups in total. The van der Waals surface area contributed by atoms with E-state index in [2.05, 4.69) is 10.2 Å². The van der Waals surface area contributed by atoms with Crippen LogP contribution in [0.25, 0.3) is 0 Å². The highest BCUT2D eigenvalue weighted by Gasteiger charge is 2.28. The molecule has 2 heterocycles. The summed E-state index contributed by atoms with van der Waals surface area (Å²) in [4.78, 5) is 14.2. The number of hydrogen-bond donors (Lipinski definition) is 1. The lowest BCUT2D eigenvalue weighted by molar-refractivity contribution is 0.0651. The molecule has 0 unspecified atom stereocenters. The molecule has 4 rings (SSSR count). The first-order valence-electron chi connectivity index (χ1n) is 8.85. The van der Waals surface area contributed by atoms with Crippen LogP contribution in [-0.4, -0.2) is 53.9 Å². The van der Waals surface area contributed by atoms with Gasteiger partial charge in [0.15, 0.2) is 0 Å². The van der Waals surface area contributed by atoms with E-state index in [1.165, 1.54) is 23.5 Å². The molecule has 26 heavy (non-hydrogen) atoms. The van der Waals surface area contributed by atoms with Crippen LogP contribution in [0.5, 0.6) is 0 Å². The van der Waals surface area contributed by atoms with E-state index in [9.17, 15) is 13.2 Å². The first kappa shape index (κ1) is 17.2. The van der Waals surface area contributed by atoms with Crippen LogP contribution >= 0.6 is 0 Å². The van der Waals surface area contributed by atoms with Gasteiger partial charge in [-0.1, -0.05) is 6.07 Å². The lowest BCUT2D eigenvalue weighted by atomic mass is 10.1. The van der Waals surface area contributed by atoms with Gasteiger partial charge in [0.2, 0.25) is 10.0 Å². The molecular formula is C18H22N4O3S. The second-order valence-electron chi connectivity index (χ2n) is 7.03. The molecule has 1 saturated carbocycles. The Morgan fingerprint density at radius 1 is 1.31 bits per heavy atom. The average molecular weight is 374 g/mol. The van der Waals surface area contributed by atoms with Crippen molar-refractivity contribution in [3.63, 3.8) is 0 Å². The average Bonchev–Trinajstić information content (AvgIpc) is 3.33. The molecule has 2 aliphatic rings. The van der Waals surface area contributed by atoms with Crippen molar-refractivity contribution in [2.75, 3.05) is 20.1 Å². The molecule has 1 amide bonds. The summed E-state index contributed by atoms with van der Waals surface area (Å²) >= 11 is 0. The molecule has 1 aliphatic heterocycles. The first-order valence-corrected chi connectivity index (χ1v) is 10.3. The summed E-state index contributed by atoms with van der Waals surface area (Å²) in [5, 5.41) is 7.19. The van der Waals surface area contributed by atoms with Gasteiger partial charge in [-0.05, 0) is 43.5 Å². The van der Waals surface area contributed by atoms with E-state index in [1.54, 1.807) is 17.0 Å². The van der Waals surface area contributed by atoms with Crippen molar-refractivity contribution in [2.45, 2.75) is 36.6 Å². The van der Waals surface area contributed by atoms with Gasteiger partial charge < -0.3 is 4.90 Å². The van der Waals surface area contributed by atoms with E-state index in [0.29, 0.717) is 11.5 Å². The summed E-state index contributed by atoms with van der Waals surface area (Å²) in [6.07, 6.45) is 3.30. The maximum Gasteiger partial charge on any atom is 0.253 e. The molecule has 0 spiro atoms. The number of aromatic nitrogens is 2. The van der Waals surface area contributed by atoms with Gasteiger partial charge in [0.05, 0.1) is 22.8 Å². The van der Waals surface area contributed by atoms with E-state index < -0.39 is 10.0 Å². The first-order chi connectivity index (χ1) is 12.4. The van der Waals surface area contributed by atoms with Crippen LogP contribution in [0.1, 0.15) is 46.9 Å². The Kier molecular flexibility index (Phi) is 4.32. The van der Waals surface area contributed by atoms with E-state index >= 15 is 0 Å². The van der Waals surface area contributed by atoms with Crippen molar-refractivity contribution in [1.82, 2.24) is 19.4 Å². The maximum absolute atomic E-state index is 12.9. The minimum Gasteiger partial charge on any atom is -0.339 e.